The van der Waals surface area contributed by atoms with Crippen LogP contribution in [0.2, 0.25) is 0 Å². The van der Waals surface area contributed by atoms with E-state index in [0.717, 1.165) is 12.1 Å². The van der Waals surface area contributed by atoms with Crippen molar-refractivity contribution in [2.75, 3.05) is 11.9 Å². The Morgan fingerprint density at radius 2 is 1.89 bits per heavy atom. The first-order valence-electron chi connectivity index (χ1n) is 5.60. The normalized spacial score (nSPS) is 11.2. The maximum atomic E-state index is 13.4. The third kappa shape index (κ3) is 4.31. The first kappa shape index (κ1) is 14.4. The zero-order chi connectivity index (χ0) is 13.9. The minimum Gasteiger partial charge on any atom is -0.459 e. The summed E-state index contributed by atoms with van der Waals surface area (Å²) in [6, 6.07) is 2.10. The molecular formula is C13H17F2NO2. The van der Waals surface area contributed by atoms with Crippen LogP contribution in [-0.4, -0.2) is 18.1 Å². The number of halogens is 2. The van der Waals surface area contributed by atoms with Crippen molar-refractivity contribution >= 4 is 11.7 Å². The molecule has 0 spiro atoms. The Morgan fingerprint density at radius 1 is 1.28 bits per heavy atom. The van der Waals surface area contributed by atoms with Crippen LogP contribution in [0.3, 0.4) is 0 Å². The summed E-state index contributed by atoms with van der Waals surface area (Å²) in [5.41, 5.74) is -0.435. The first-order valence-corrected chi connectivity index (χ1v) is 5.60. The van der Waals surface area contributed by atoms with Gasteiger partial charge in [0.05, 0.1) is 5.69 Å². The van der Waals surface area contributed by atoms with Crippen molar-refractivity contribution in [3.05, 3.63) is 29.3 Å². The first-order chi connectivity index (χ1) is 8.19. The molecule has 100 valence electrons. The Balaban J connectivity index is 2.64. The number of nitrogens with one attached hydrogen (secondary N) is 1. The minimum absolute atomic E-state index is 0.0519. The average Bonchev–Trinajstić information content (AvgIpc) is 2.19. The molecule has 0 aliphatic rings. The molecule has 1 rings (SSSR count). The molecule has 0 bridgehead atoms. The lowest BCUT2D eigenvalue weighted by molar-refractivity contribution is -0.152. The molecule has 0 unspecified atom stereocenters. The summed E-state index contributed by atoms with van der Waals surface area (Å²) in [4.78, 5) is 11.4. The smallest absolute Gasteiger partial charge is 0.325 e. The van der Waals surface area contributed by atoms with Gasteiger partial charge in [-0.25, -0.2) is 8.78 Å². The molecule has 0 aromatic heterocycles. The van der Waals surface area contributed by atoms with Gasteiger partial charge in [0.15, 0.2) is 0 Å². The summed E-state index contributed by atoms with van der Waals surface area (Å²) in [5.74, 6) is -1.65. The molecule has 1 aromatic carbocycles. The van der Waals surface area contributed by atoms with Crippen LogP contribution in [0.25, 0.3) is 0 Å². The molecule has 0 saturated carbocycles. The van der Waals surface area contributed by atoms with Crippen LogP contribution in [0, 0.1) is 18.6 Å². The number of benzene rings is 1. The van der Waals surface area contributed by atoms with Crippen molar-refractivity contribution < 1.29 is 18.3 Å². The zero-order valence-corrected chi connectivity index (χ0v) is 10.9. The third-order valence-corrected chi connectivity index (χ3v) is 2.09. The largest absolute Gasteiger partial charge is 0.459 e. The highest BCUT2D eigenvalue weighted by Gasteiger charge is 2.16. The number of aryl methyl sites for hydroxylation is 1. The minimum atomic E-state index is -0.601. The van der Waals surface area contributed by atoms with Crippen LogP contribution in [0.1, 0.15) is 26.3 Å². The van der Waals surface area contributed by atoms with E-state index in [1.165, 1.54) is 6.92 Å². The van der Waals surface area contributed by atoms with Gasteiger partial charge >= 0.3 is 5.97 Å². The van der Waals surface area contributed by atoms with Crippen LogP contribution in [0.4, 0.5) is 14.5 Å². The predicted octanol–water partition coefficient (Wildman–Crippen LogP) is 3.03. The lowest BCUT2D eigenvalue weighted by Crippen LogP contribution is -2.28. The molecule has 0 atom stereocenters. The van der Waals surface area contributed by atoms with Crippen molar-refractivity contribution in [1.82, 2.24) is 0 Å². The van der Waals surface area contributed by atoms with Crippen molar-refractivity contribution in [3.8, 4) is 0 Å². The highest BCUT2D eigenvalue weighted by Crippen LogP contribution is 2.18. The van der Waals surface area contributed by atoms with Gasteiger partial charge in [-0.05, 0) is 39.3 Å². The Labute approximate surface area is 105 Å². The number of anilines is 1. The van der Waals surface area contributed by atoms with E-state index in [-0.39, 0.29) is 17.8 Å². The zero-order valence-electron chi connectivity index (χ0n) is 10.9. The Kier molecular flexibility index (Phi) is 4.27. The van der Waals surface area contributed by atoms with Gasteiger partial charge in [-0.2, -0.15) is 0 Å². The molecule has 1 aromatic rings. The predicted molar refractivity (Wildman–Crippen MR) is 65.4 cm³/mol. The second-order valence-corrected chi connectivity index (χ2v) is 5.02. The van der Waals surface area contributed by atoms with Gasteiger partial charge in [0.2, 0.25) is 0 Å². The van der Waals surface area contributed by atoms with Gasteiger partial charge in [0.25, 0.3) is 0 Å². The summed E-state index contributed by atoms with van der Waals surface area (Å²) in [5, 5.41) is 2.51. The fourth-order valence-corrected chi connectivity index (χ4v) is 1.33. The fourth-order valence-electron chi connectivity index (χ4n) is 1.33. The third-order valence-electron chi connectivity index (χ3n) is 2.09. The molecule has 0 radical (unpaired) electrons. The maximum absolute atomic E-state index is 13.4. The van der Waals surface area contributed by atoms with Crippen LogP contribution in [-0.2, 0) is 9.53 Å². The van der Waals surface area contributed by atoms with Crippen molar-refractivity contribution in [1.29, 1.82) is 0 Å². The van der Waals surface area contributed by atoms with E-state index in [9.17, 15) is 13.6 Å². The van der Waals surface area contributed by atoms with E-state index in [1.54, 1.807) is 20.8 Å². The van der Waals surface area contributed by atoms with Crippen LogP contribution in [0.15, 0.2) is 12.1 Å². The molecule has 1 N–H and O–H groups in total. The summed E-state index contributed by atoms with van der Waals surface area (Å²) in [7, 11) is 0. The van der Waals surface area contributed by atoms with Crippen LogP contribution in [0.5, 0.6) is 0 Å². The van der Waals surface area contributed by atoms with Crippen LogP contribution >= 0.6 is 0 Å². The highest BCUT2D eigenvalue weighted by molar-refractivity contribution is 5.75. The lowest BCUT2D eigenvalue weighted by Gasteiger charge is -2.19. The van der Waals surface area contributed by atoms with Crippen molar-refractivity contribution in [3.63, 3.8) is 0 Å². The van der Waals surface area contributed by atoms with E-state index in [1.807, 2.05) is 0 Å². The van der Waals surface area contributed by atoms with Crippen LogP contribution < -0.4 is 5.32 Å². The molecule has 0 heterocycles. The summed E-state index contributed by atoms with van der Waals surface area (Å²) < 4.78 is 31.7. The molecule has 0 aliphatic carbocycles. The quantitative estimate of drug-likeness (QED) is 0.846. The fraction of sp³-hybridized carbons (Fsp3) is 0.462. The number of rotatable bonds is 3. The Bertz CT molecular complexity index is 453. The van der Waals surface area contributed by atoms with Gasteiger partial charge in [0.1, 0.15) is 23.8 Å². The molecule has 0 fully saturated rings. The molecule has 0 amide bonds. The van der Waals surface area contributed by atoms with E-state index < -0.39 is 23.2 Å². The molecular weight excluding hydrogens is 240 g/mol. The van der Waals surface area contributed by atoms with Gasteiger partial charge in [-0.15, -0.1) is 0 Å². The van der Waals surface area contributed by atoms with E-state index >= 15 is 0 Å². The summed E-state index contributed by atoms with van der Waals surface area (Å²) in [6.07, 6.45) is 0. The number of hydrogen-bond acceptors (Lipinski definition) is 3. The lowest BCUT2D eigenvalue weighted by atomic mass is 10.2. The Hall–Kier alpha value is -1.65. The van der Waals surface area contributed by atoms with E-state index in [0.29, 0.717) is 0 Å². The Morgan fingerprint density at radius 3 is 2.44 bits per heavy atom. The monoisotopic (exact) mass is 257 g/mol. The molecule has 18 heavy (non-hydrogen) atoms. The van der Waals surface area contributed by atoms with Gasteiger partial charge in [-0.3, -0.25) is 4.79 Å². The topological polar surface area (TPSA) is 38.3 Å². The van der Waals surface area contributed by atoms with E-state index in [4.69, 9.17) is 4.74 Å². The van der Waals surface area contributed by atoms with Crippen molar-refractivity contribution in [2.45, 2.75) is 33.3 Å². The van der Waals surface area contributed by atoms with E-state index in [2.05, 4.69) is 5.32 Å². The van der Waals surface area contributed by atoms with Gasteiger partial charge < -0.3 is 10.1 Å². The number of carbonyl (C=O) groups excluding carboxylic acids is 1. The number of esters is 1. The number of ether oxygens (including phenoxy) is 1. The van der Waals surface area contributed by atoms with Crippen molar-refractivity contribution in [2.24, 2.45) is 0 Å². The second-order valence-electron chi connectivity index (χ2n) is 5.02. The molecule has 3 nitrogen and oxygen atoms in total. The second kappa shape index (κ2) is 5.33. The maximum Gasteiger partial charge on any atom is 0.325 e. The summed E-state index contributed by atoms with van der Waals surface area (Å²) >= 11 is 0. The average molecular weight is 257 g/mol. The summed E-state index contributed by atoms with van der Waals surface area (Å²) in [6.45, 7) is 6.46. The standard InChI is InChI=1S/C13H17F2NO2/c1-8-5-10(15)11(6-9(8)14)16-7-12(17)18-13(2,3)4/h5-6,16H,7H2,1-4H3. The number of hydrogen-bond donors (Lipinski definition) is 1. The van der Waals surface area contributed by atoms with Gasteiger partial charge in [-0.1, -0.05) is 0 Å². The molecule has 5 heteroatoms. The number of carbonyl (C=O) groups is 1. The molecule has 0 saturated heterocycles. The van der Waals surface area contributed by atoms with Gasteiger partial charge in [0, 0.05) is 6.07 Å². The SMILES string of the molecule is Cc1cc(F)c(NCC(=O)OC(C)(C)C)cc1F. The molecule has 0 aliphatic heterocycles. The highest BCUT2D eigenvalue weighted by atomic mass is 19.1.